The van der Waals surface area contributed by atoms with Crippen LogP contribution in [0.2, 0.25) is 5.15 Å². The number of aliphatic hydroxyl groups excluding tert-OH is 2. The van der Waals surface area contributed by atoms with E-state index in [1.165, 1.54) is 37.4 Å². The summed E-state index contributed by atoms with van der Waals surface area (Å²) in [5.41, 5.74) is 7.25. The van der Waals surface area contributed by atoms with Crippen molar-refractivity contribution in [1.82, 2.24) is 19.9 Å². The van der Waals surface area contributed by atoms with Crippen molar-refractivity contribution in [3.63, 3.8) is 0 Å². The van der Waals surface area contributed by atoms with Crippen LogP contribution in [0.4, 0.5) is 5.82 Å². The molecule has 2 heterocycles. The van der Waals surface area contributed by atoms with Gasteiger partial charge in [-0.05, 0) is 97.2 Å². The molecule has 208 valence electrons. The lowest BCUT2D eigenvalue weighted by molar-refractivity contribution is 0.199. The quantitative estimate of drug-likeness (QED) is 0.123. The first-order valence-electron chi connectivity index (χ1n) is 12.1. The van der Waals surface area contributed by atoms with E-state index < -0.39 is 0 Å². The molecule has 0 bridgehead atoms. The Morgan fingerprint density at radius 3 is 1.76 bits per heavy atom. The fraction of sp³-hybridized carbons (Fsp3) is 0.667. The maximum atomic E-state index is 9.65. The van der Waals surface area contributed by atoms with Crippen molar-refractivity contribution in [2.24, 2.45) is 5.73 Å². The molecule has 8 nitrogen and oxygen atoms in total. The Hall–Kier alpha value is 0.290. The number of nitrogens with zero attached hydrogens (tertiary/aromatic N) is 4. The van der Waals surface area contributed by atoms with E-state index in [9.17, 15) is 5.11 Å². The number of aliphatic hydroxyl groups is 2. The van der Waals surface area contributed by atoms with Crippen LogP contribution < -0.4 is 11.1 Å². The average molecular weight is 795 g/mol. The monoisotopic (exact) mass is 794 g/mol. The van der Waals surface area contributed by atoms with E-state index in [4.69, 9.17) is 22.4 Å². The Kier molecular flexibility index (Phi) is 14.4. The Balaban J connectivity index is 0.000000215. The van der Waals surface area contributed by atoms with Gasteiger partial charge in [0.2, 0.25) is 0 Å². The normalized spacial score (nSPS) is 17.5. The SMILES string of the molecule is CSc1nc(C)c(I)c(Cl)n1.CSc1nc(C)c(I)c(NC2(CO)CCCC2)n1.NC1(CO)CCCC1. The van der Waals surface area contributed by atoms with Gasteiger partial charge < -0.3 is 21.3 Å². The molecular weight excluding hydrogens is 758 g/mol. The second-order valence-corrected chi connectivity index (χ2v) is 13.4. The maximum Gasteiger partial charge on any atom is 0.189 e. The van der Waals surface area contributed by atoms with E-state index >= 15 is 0 Å². The van der Waals surface area contributed by atoms with Crippen molar-refractivity contribution < 1.29 is 10.2 Å². The van der Waals surface area contributed by atoms with Gasteiger partial charge >= 0.3 is 0 Å². The van der Waals surface area contributed by atoms with Gasteiger partial charge in [-0.3, -0.25) is 0 Å². The van der Waals surface area contributed by atoms with Crippen LogP contribution in [0.15, 0.2) is 10.3 Å². The van der Waals surface area contributed by atoms with Crippen molar-refractivity contribution in [1.29, 1.82) is 0 Å². The highest BCUT2D eigenvalue weighted by molar-refractivity contribution is 14.1. The van der Waals surface area contributed by atoms with E-state index in [0.717, 1.165) is 60.3 Å². The standard InChI is InChI=1S/C12H18IN3OS.C6H6ClIN2S.C6H13NO/c1-8-9(13)10(15-11(14-8)18-2)16-12(7-17)5-3-4-6-12;1-3-4(8)5(7)10-6(9-3)11-2;7-6(5-8)3-1-2-4-6/h17H,3-7H2,1-2H3,(H,14,15,16);1-2H3;8H,1-5,7H2. The predicted molar refractivity (Wildman–Crippen MR) is 172 cm³/mol. The number of anilines is 1. The van der Waals surface area contributed by atoms with Gasteiger partial charge in [0, 0.05) is 5.54 Å². The molecule has 5 N–H and O–H groups in total. The lowest BCUT2D eigenvalue weighted by atomic mass is 9.99. The summed E-state index contributed by atoms with van der Waals surface area (Å²) in [6.07, 6.45) is 12.7. The summed E-state index contributed by atoms with van der Waals surface area (Å²) < 4.78 is 1.98. The van der Waals surface area contributed by atoms with E-state index in [-0.39, 0.29) is 24.3 Å². The largest absolute Gasteiger partial charge is 0.394 e. The van der Waals surface area contributed by atoms with Gasteiger partial charge in [-0.1, -0.05) is 60.8 Å². The molecule has 0 aliphatic heterocycles. The van der Waals surface area contributed by atoms with Crippen molar-refractivity contribution in [3.05, 3.63) is 23.7 Å². The number of halogens is 3. The van der Waals surface area contributed by atoms with Gasteiger partial charge in [0.05, 0.1) is 37.3 Å². The molecule has 2 aromatic heterocycles. The van der Waals surface area contributed by atoms with Crippen LogP contribution >= 0.6 is 80.3 Å². The zero-order valence-electron chi connectivity index (χ0n) is 21.8. The minimum Gasteiger partial charge on any atom is -0.394 e. The number of nitrogens with one attached hydrogen (secondary N) is 1. The first kappa shape index (κ1) is 33.5. The second kappa shape index (κ2) is 15.9. The van der Waals surface area contributed by atoms with Gasteiger partial charge in [-0.25, -0.2) is 19.9 Å². The molecular formula is C24H37ClI2N6O2S2. The molecule has 4 rings (SSSR count). The molecule has 0 atom stereocenters. The fourth-order valence-electron chi connectivity index (χ4n) is 4.16. The van der Waals surface area contributed by atoms with Crippen molar-refractivity contribution in [2.45, 2.75) is 86.6 Å². The Morgan fingerprint density at radius 2 is 1.32 bits per heavy atom. The number of hydrogen-bond acceptors (Lipinski definition) is 10. The van der Waals surface area contributed by atoms with Gasteiger partial charge in [0.1, 0.15) is 11.0 Å². The molecule has 2 saturated carbocycles. The molecule has 2 aliphatic carbocycles. The van der Waals surface area contributed by atoms with Gasteiger partial charge in [-0.15, -0.1) is 0 Å². The number of rotatable bonds is 6. The third-order valence-electron chi connectivity index (χ3n) is 6.48. The molecule has 0 unspecified atom stereocenters. The zero-order chi connectivity index (χ0) is 27.6. The van der Waals surface area contributed by atoms with Crippen LogP contribution in [-0.2, 0) is 0 Å². The molecule has 2 aliphatic rings. The Bertz CT molecular complexity index is 1000. The first-order valence-corrected chi connectivity index (χ1v) is 17.1. The molecule has 2 fully saturated rings. The summed E-state index contributed by atoms with van der Waals surface area (Å²) in [6, 6.07) is 0. The molecule has 0 radical (unpaired) electrons. The van der Waals surface area contributed by atoms with Gasteiger partial charge in [0.15, 0.2) is 10.3 Å². The zero-order valence-corrected chi connectivity index (χ0v) is 28.5. The Morgan fingerprint density at radius 1 is 0.838 bits per heavy atom. The minimum absolute atomic E-state index is 0.160. The molecule has 2 aromatic rings. The highest BCUT2D eigenvalue weighted by atomic mass is 127. The van der Waals surface area contributed by atoms with Gasteiger partial charge in [0.25, 0.3) is 0 Å². The smallest absolute Gasteiger partial charge is 0.189 e. The van der Waals surface area contributed by atoms with E-state index in [0.29, 0.717) is 5.15 Å². The number of nitrogens with two attached hydrogens (primary N) is 1. The summed E-state index contributed by atoms with van der Waals surface area (Å²) in [4.78, 5) is 17.2. The summed E-state index contributed by atoms with van der Waals surface area (Å²) in [6.45, 7) is 4.25. The summed E-state index contributed by atoms with van der Waals surface area (Å²) >= 11 is 13.3. The van der Waals surface area contributed by atoms with Crippen LogP contribution in [0.3, 0.4) is 0 Å². The molecule has 13 heteroatoms. The molecule has 37 heavy (non-hydrogen) atoms. The topological polar surface area (TPSA) is 130 Å². The van der Waals surface area contributed by atoms with Crippen LogP contribution in [0.25, 0.3) is 0 Å². The number of aryl methyl sites for hydroxylation is 2. The third-order valence-corrected chi connectivity index (χ3v) is 10.7. The molecule has 0 spiro atoms. The second-order valence-electron chi connectivity index (χ2n) is 9.36. The van der Waals surface area contributed by atoms with Crippen LogP contribution in [-0.4, -0.2) is 67.0 Å². The maximum absolute atomic E-state index is 9.65. The van der Waals surface area contributed by atoms with E-state index in [1.54, 1.807) is 11.8 Å². The molecule has 0 amide bonds. The lowest BCUT2D eigenvalue weighted by Gasteiger charge is -2.29. The van der Waals surface area contributed by atoms with Crippen LogP contribution in [0.5, 0.6) is 0 Å². The summed E-state index contributed by atoms with van der Waals surface area (Å²) in [5, 5.41) is 23.9. The fourth-order valence-corrected chi connectivity index (χ4v) is 5.87. The number of thioether (sulfide) groups is 2. The summed E-state index contributed by atoms with van der Waals surface area (Å²) in [5.74, 6) is 0.864. The Labute approximate surface area is 261 Å². The van der Waals surface area contributed by atoms with Crippen molar-refractivity contribution in [2.75, 3.05) is 31.0 Å². The number of aromatic nitrogens is 4. The van der Waals surface area contributed by atoms with Crippen molar-refractivity contribution in [3.8, 4) is 0 Å². The lowest BCUT2D eigenvalue weighted by Crippen LogP contribution is -2.40. The summed E-state index contributed by atoms with van der Waals surface area (Å²) in [7, 11) is 0. The highest BCUT2D eigenvalue weighted by Gasteiger charge is 2.34. The molecule has 0 aromatic carbocycles. The highest BCUT2D eigenvalue weighted by Crippen LogP contribution is 2.34. The van der Waals surface area contributed by atoms with Gasteiger partial charge in [-0.2, -0.15) is 0 Å². The first-order chi connectivity index (χ1) is 17.5. The average Bonchev–Trinajstić information content (AvgIpc) is 3.55. The predicted octanol–water partition coefficient (Wildman–Crippen LogP) is 5.84. The van der Waals surface area contributed by atoms with E-state index in [1.807, 2.05) is 26.4 Å². The van der Waals surface area contributed by atoms with Crippen LogP contribution in [0.1, 0.15) is 62.8 Å². The molecule has 0 saturated heterocycles. The minimum atomic E-state index is -0.208. The third kappa shape index (κ3) is 10.0. The number of hydrogen-bond donors (Lipinski definition) is 4. The van der Waals surface area contributed by atoms with Crippen LogP contribution in [0, 0.1) is 21.0 Å². The van der Waals surface area contributed by atoms with Crippen molar-refractivity contribution >= 4 is 86.1 Å². The van der Waals surface area contributed by atoms with E-state index in [2.05, 4.69) is 70.4 Å².